The van der Waals surface area contributed by atoms with Crippen LogP contribution < -0.4 is 0 Å². The van der Waals surface area contributed by atoms with E-state index >= 15 is 0 Å². The molecule has 1 aromatic carbocycles. The average Bonchev–Trinajstić information content (AvgIpc) is 2.94. The summed E-state index contributed by atoms with van der Waals surface area (Å²) in [7, 11) is 0. The summed E-state index contributed by atoms with van der Waals surface area (Å²) in [6, 6.07) is 9.84. The quantitative estimate of drug-likeness (QED) is 0.785. The fourth-order valence-corrected chi connectivity index (χ4v) is 2.07. The zero-order valence-electron chi connectivity index (χ0n) is 11.8. The second-order valence-electron chi connectivity index (χ2n) is 4.70. The van der Waals surface area contributed by atoms with Gasteiger partial charge in [0.05, 0.1) is 18.8 Å². The summed E-state index contributed by atoms with van der Waals surface area (Å²) in [6.07, 6.45) is 2.23. The molecule has 1 aromatic heterocycles. The number of para-hydroxylation sites is 1. The van der Waals surface area contributed by atoms with Crippen LogP contribution in [-0.2, 0) is 6.54 Å². The molecule has 108 valence electrons. The van der Waals surface area contributed by atoms with Crippen LogP contribution in [0.4, 0.5) is 0 Å². The lowest BCUT2D eigenvalue weighted by Crippen LogP contribution is -2.29. The Balaban J connectivity index is 2.10. The topological polar surface area (TPSA) is 67.1 Å². The van der Waals surface area contributed by atoms with Crippen molar-refractivity contribution in [3.63, 3.8) is 0 Å². The third kappa shape index (κ3) is 3.85. The first-order valence-corrected chi connectivity index (χ1v) is 7.01. The van der Waals surface area contributed by atoms with Crippen LogP contribution in [-0.4, -0.2) is 49.9 Å². The van der Waals surface area contributed by atoms with E-state index in [1.807, 2.05) is 30.3 Å². The Morgan fingerprint density at radius 1 is 1.20 bits per heavy atom. The SMILES string of the molecule is CCCCN(CCO)Cc1nnnn1-c1ccccc1. The van der Waals surface area contributed by atoms with Crippen molar-refractivity contribution in [2.24, 2.45) is 0 Å². The first kappa shape index (κ1) is 14.6. The second kappa shape index (κ2) is 7.72. The molecule has 0 atom stereocenters. The first-order valence-electron chi connectivity index (χ1n) is 7.01. The molecule has 0 amide bonds. The molecule has 0 aliphatic heterocycles. The maximum absolute atomic E-state index is 9.15. The lowest BCUT2D eigenvalue weighted by molar-refractivity contribution is 0.184. The molecule has 0 fully saturated rings. The molecule has 0 aliphatic carbocycles. The average molecular weight is 275 g/mol. The number of aliphatic hydroxyl groups is 1. The number of unbranched alkanes of at least 4 members (excludes halogenated alkanes) is 1. The minimum absolute atomic E-state index is 0.149. The molecular formula is C14H21N5O. The van der Waals surface area contributed by atoms with E-state index in [0.717, 1.165) is 30.9 Å². The van der Waals surface area contributed by atoms with E-state index in [9.17, 15) is 0 Å². The van der Waals surface area contributed by atoms with Gasteiger partial charge in [0.1, 0.15) is 0 Å². The standard InChI is InChI=1S/C14H21N5O/c1-2-3-9-18(10-11-20)12-14-15-16-17-19(14)13-7-5-4-6-8-13/h4-8,20H,2-3,9-12H2,1H3. The van der Waals surface area contributed by atoms with Crippen molar-refractivity contribution in [2.75, 3.05) is 19.7 Å². The molecule has 1 heterocycles. The van der Waals surface area contributed by atoms with Gasteiger partial charge in [0.2, 0.25) is 0 Å². The normalized spacial score (nSPS) is 11.2. The predicted molar refractivity (Wildman–Crippen MR) is 76.4 cm³/mol. The fourth-order valence-electron chi connectivity index (χ4n) is 2.07. The van der Waals surface area contributed by atoms with Crippen molar-refractivity contribution in [3.05, 3.63) is 36.2 Å². The number of rotatable bonds is 8. The lowest BCUT2D eigenvalue weighted by atomic mass is 10.3. The maximum atomic E-state index is 9.15. The zero-order valence-corrected chi connectivity index (χ0v) is 11.8. The largest absolute Gasteiger partial charge is 0.395 e. The van der Waals surface area contributed by atoms with E-state index in [2.05, 4.69) is 27.3 Å². The highest BCUT2D eigenvalue weighted by Gasteiger charge is 2.12. The van der Waals surface area contributed by atoms with Gasteiger partial charge < -0.3 is 5.11 Å². The van der Waals surface area contributed by atoms with E-state index in [1.54, 1.807) is 4.68 Å². The van der Waals surface area contributed by atoms with Gasteiger partial charge in [0.15, 0.2) is 5.82 Å². The minimum Gasteiger partial charge on any atom is -0.395 e. The zero-order chi connectivity index (χ0) is 14.2. The fraction of sp³-hybridized carbons (Fsp3) is 0.500. The Labute approximate surface area is 119 Å². The number of tetrazole rings is 1. The first-order chi connectivity index (χ1) is 9.85. The van der Waals surface area contributed by atoms with Crippen molar-refractivity contribution >= 4 is 0 Å². The van der Waals surface area contributed by atoms with Gasteiger partial charge in [0.25, 0.3) is 0 Å². The summed E-state index contributed by atoms with van der Waals surface area (Å²) in [5.41, 5.74) is 0.951. The minimum atomic E-state index is 0.149. The van der Waals surface area contributed by atoms with Gasteiger partial charge in [-0.1, -0.05) is 31.5 Å². The highest BCUT2D eigenvalue weighted by molar-refractivity contribution is 5.30. The van der Waals surface area contributed by atoms with Crippen LogP contribution in [0.15, 0.2) is 30.3 Å². The summed E-state index contributed by atoms with van der Waals surface area (Å²) in [5, 5.41) is 21.1. The van der Waals surface area contributed by atoms with Crippen molar-refractivity contribution in [1.29, 1.82) is 0 Å². The Hall–Kier alpha value is -1.79. The molecule has 20 heavy (non-hydrogen) atoms. The van der Waals surface area contributed by atoms with Crippen molar-refractivity contribution in [2.45, 2.75) is 26.3 Å². The van der Waals surface area contributed by atoms with Gasteiger partial charge >= 0.3 is 0 Å². The lowest BCUT2D eigenvalue weighted by Gasteiger charge is -2.20. The monoisotopic (exact) mass is 275 g/mol. The van der Waals surface area contributed by atoms with Gasteiger partial charge in [-0.2, -0.15) is 4.68 Å². The van der Waals surface area contributed by atoms with Gasteiger partial charge in [-0.25, -0.2) is 0 Å². The molecular weight excluding hydrogens is 254 g/mol. The molecule has 0 radical (unpaired) electrons. The summed E-state index contributed by atoms with van der Waals surface area (Å²) in [4.78, 5) is 2.18. The number of aromatic nitrogens is 4. The van der Waals surface area contributed by atoms with Gasteiger partial charge in [0, 0.05) is 6.54 Å². The number of aliphatic hydroxyl groups excluding tert-OH is 1. The molecule has 1 N–H and O–H groups in total. The molecule has 0 unspecified atom stereocenters. The molecule has 2 rings (SSSR count). The number of hydrogen-bond donors (Lipinski definition) is 1. The van der Waals surface area contributed by atoms with E-state index in [0.29, 0.717) is 13.1 Å². The van der Waals surface area contributed by atoms with Gasteiger partial charge in [-0.05, 0) is 35.5 Å². The molecule has 2 aromatic rings. The third-order valence-electron chi connectivity index (χ3n) is 3.14. The summed E-state index contributed by atoms with van der Waals surface area (Å²) < 4.78 is 1.75. The second-order valence-corrected chi connectivity index (χ2v) is 4.70. The highest BCUT2D eigenvalue weighted by Crippen LogP contribution is 2.09. The van der Waals surface area contributed by atoms with Gasteiger partial charge in [-0.3, -0.25) is 4.90 Å². The molecule has 6 nitrogen and oxygen atoms in total. The highest BCUT2D eigenvalue weighted by atomic mass is 16.3. The Morgan fingerprint density at radius 2 is 2.00 bits per heavy atom. The summed E-state index contributed by atoms with van der Waals surface area (Å²) in [5.74, 6) is 0.792. The molecule has 6 heteroatoms. The smallest absolute Gasteiger partial charge is 0.170 e. The van der Waals surface area contributed by atoms with Crippen LogP contribution >= 0.6 is 0 Å². The molecule has 0 spiro atoms. The molecule has 0 saturated carbocycles. The van der Waals surface area contributed by atoms with E-state index in [4.69, 9.17) is 5.11 Å². The number of nitrogens with zero attached hydrogens (tertiary/aromatic N) is 5. The maximum Gasteiger partial charge on any atom is 0.170 e. The van der Waals surface area contributed by atoms with Crippen LogP contribution in [0.3, 0.4) is 0 Å². The molecule has 0 saturated heterocycles. The summed E-state index contributed by atoms with van der Waals surface area (Å²) in [6.45, 7) is 4.53. The van der Waals surface area contributed by atoms with Crippen LogP contribution in [0.25, 0.3) is 5.69 Å². The Bertz CT molecular complexity index is 499. The third-order valence-corrected chi connectivity index (χ3v) is 3.14. The van der Waals surface area contributed by atoms with Crippen molar-refractivity contribution in [3.8, 4) is 5.69 Å². The molecule has 0 bridgehead atoms. The van der Waals surface area contributed by atoms with Crippen LogP contribution in [0.2, 0.25) is 0 Å². The van der Waals surface area contributed by atoms with Crippen LogP contribution in [0, 0.1) is 0 Å². The van der Waals surface area contributed by atoms with Gasteiger partial charge in [-0.15, -0.1) is 5.10 Å². The summed E-state index contributed by atoms with van der Waals surface area (Å²) >= 11 is 0. The van der Waals surface area contributed by atoms with Crippen molar-refractivity contribution < 1.29 is 5.11 Å². The number of benzene rings is 1. The van der Waals surface area contributed by atoms with E-state index < -0.39 is 0 Å². The van der Waals surface area contributed by atoms with Crippen LogP contribution in [0.1, 0.15) is 25.6 Å². The predicted octanol–water partition coefficient (Wildman–Crippen LogP) is 1.26. The Kier molecular flexibility index (Phi) is 5.64. The number of hydrogen-bond acceptors (Lipinski definition) is 5. The van der Waals surface area contributed by atoms with Crippen molar-refractivity contribution in [1.82, 2.24) is 25.1 Å². The van der Waals surface area contributed by atoms with Crippen LogP contribution in [0.5, 0.6) is 0 Å². The van der Waals surface area contributed by atoms with E-state index in [-0.39, 0.29) is 6.61 Å². The van der Waals surface area contributed by atoms with E-state index in [1.165, 1.54) is 0 Å². The molecule has 0 aliphatic rings. The Morgan fingerprint density at radius 3 is 2.70 bits per heavy atom.